The molecule has 2 rings (SSSR count). The third-order valence-electron chi connectivity index (χ3n) is 4.89. The molecule has 26 heavy (non-hydrogen) atoms. The van der Waals surface area contributed by atoms with Crippen molar-refractivity contribution < 1.29 is 23.8 Å². The molecule has 0 bridgehead atoms. The molecule has 1 aliphatic rings. The van der Waals surface area contributed by atoms with Gasteiger partial charge in [0.1, 0.15) is 16.9 Å². The Morgan fingerprint density at radius 2 is 1.85 bits per heavy atom. The van der Waals surface area contributed by atoms with Crippen molar-refractivity contribution in [3.63, 3.8) is 0 Å². The highest BCUT2D eigenvalue weighted by Gasteiger charge is 2.41. The van der Waals surface area contributed by atoms with E-state index in [1.165, 1.54) is 7.11 Å². The molecule has 1 aliphatic carbocycles. The van der Waals surface area contributed by atoms with Gasteiger partial charge in [0.15, 0.2) is 0 Å². The lowest BCUT2D eigenvalue weighted by Crippen LogP contribution is -2.47. The number of amides is 1. The largest absolute Gasteiger partial charge is 0.490 e. The maximum absolute atomic E-state index is 12.9. The molecule has 1 aromatic rings. The van der Waals surface area contributed by atoms with E-state index in [1.54, 1.807) is 25.3 Å². The topological polar surface area (TPSA) is 73.9 Å². The number of hydrogen-bond donors (Lipinski definition) is 1. The molecule has 1 fully saturated rings. The van der Waals surface area contributed by atoms with Crippen LogP contribution in [0.1, 0.15) is 56.8 Å². The van der Waals surface area contributed by atoms with Gasteiger partial charge >= 0.3 is 5.97 Å². The van der Waals surface area contributed by atoms with Crippen molar-refractivity contribution in [2.24, 2.45) is 5.92 Å². The highest BCUT2D eigenvalue weighted by Crippen LogP contribution is 2.35. The fourth-order valence-electron chi connectivity index (χ4n) is 3.23. The third-order valence-corrected chi connectivity index (χ3v) is 4.89. The van der Waals surface area contributed by atoms with Crippen LogP contribution in [0.4, 0.5) is 5.69 Å². The SMILES string of the molecule is COC(=O)c1cc(NC(=O)C2(OC)CCC(C)CC2)ccc1OC(C)C. The molecular formula is C20H29NO5. The van der Waals surface area contributed by atoms with Gasteiger partial charge in [0.05, 0.1) is 13.2 Å². The smallest absolute Gasteiger partial charge is 0.341 e. The van der Waals surface area contributed by atoms with Crippen molar-refractivity contribution in [1.29, 1.82) is 0 Å². The summed E-state index contributed by atoms with van der Waals surface area (Å²) in [5, 5.41) is 2.89. The first-order chi connectivity index (χ1) is 12.3. The van der Waals surface area contributed by atoms with Crippen molar-refractivity contribution in [1.82, 2.24) is 0 Å². The van der Waals surface area contributed by atoms with E-state index in [0.29, 0.717) is 30.2 Å². The number of esters is 1. The Hall–Kier alpha value is -2.08. The third kappa shape index (κ3) is 4.55. The maximum atomic E-state index is 12.9. The number of hydrogen-bond acceptors (Lipinski definition) is 5. The summed E-state index contributed by atoms with van der Waals surface area (Å²) in [6.07, 6.45) is 3.20. The molecule has 0 saturated heterocycles. The van der Waals surface area contributed by atoms with Crippen molar-refractivity contribution in [2.45, 2.75) is 58.2 Å². The van der Waals surface area contributed by atoms with Crippen LogP contribution in [-0.4, -0.2) is 37.8 Å². The number of rotatable bonds is 6. The van der Waals surface area contributed by atoms with Gasteiger partial charge in [-0.05, 0) is 63.6 Å². The van der Waals surface area contributed by atoms with Gasteiger partial charge in [0, 0.05) is 12.8 Å². The molecule has 6 nitrogen and oxygen atoms in total. The zero-order chi connectivity index (χ0) is 19.3. The summed E-state index contributed by atoms with van der Waals surface area (Å²) in [6.45, 7) is 5.94. The van der Waals surface area contributed by atoms with E-state index in [1.807, 2.05) is 13.8 Å². The molecule has 144 valence electrons. The van der Waals surface area contributed by atoms with Gasteiger partial charge in [-0.15, -0.1) is 0 Å². The van der Waals surface area contributed by atoms with Crippen molar-refractivity contribution >= 4 is 17.6 Å². The molecule has 0 radical (unpaired) electrons. The van der Waals surface area contributed by atoms with E-state index in [4.69, 9.17) is 14.2 Å². The second-order valence-electron chi connectivity index (χ2n) is 7.20. The first kappa shape index (κ1) is 20.2. The molecule has 0 aliphatic heterocycles. The first-order valence-electron chi connectivity index (χ1n) is 9.07. The summed E-state index contributed by atoms with van der Waals surface area (Å²) >= 11 is 0. The molecule has 0 unspecified atom stereocenters. The minimum atomic E-state index is -0.814. The average molecular weight is 363 g/mol. The van der Waals surface area contributed by atoms with Crippen molar-refractivity contribution in [3.05, 3.63) is 23.8 Å². The van der Waals surface area contributed by atoms with Crippen molar-refractivity contribution in [2.75, 3.05) is 19.5 Å². The quantitative estimate of drug-likeness (QED) is 0.778. The summed E-state index contributed by atoms with van der Waals surface area (Å²) in [5.41, 5.74) is -0.0188. The van der Waals surface area contributed by atoms with E-state index >= 15 is 0 Å². The van der Waals surface area contributed by atoms with Crippen molar-refractivity contribution in [3.8, 4) is 5.75 Å². The molecule has 0 aromatic heterocycles. The Balaban J connectivity index is 2.22. The Kier molecular flexibility index (Phi) is 6.64. The summed E-state index contributed by atoms with van der Waals surface area (Å²) in [5.74, 6) is 0.340. The molecule has 1 N–H and O–H groups in total. The zero-order valence-electron chi connectivity index (χ0n) is 16.3. The average Bonchev–Trinajstić information content (AvgIpc) is 2.62. The van der Waals surface area contributed by atoms with E-state index in [-0.39, 0.29) is 17.6 Å². The van der Waals surface area contributed by atoms with Gasteiger partial charge in [-0.2, -0.15) is 0 Å². The van der Waals surface area contributed by atoms with Crippen LogP contribution in [0.5, 0.6) is 5.75 Å². The molecule has 1 aromatic carbocycles. The Morgan fingerprint density at radius 1 is 1.19 bits per heavy atom. The molecular weight excluding hydrogens is 334 g/mol. The highest BCUT2D eigenvalue weighted by atomic mass is 16.5. The Bertz CT molecular complexity index is 648. The van der Waals surface area contributed by atoms with Crippen LogP contribution in [0, 0.1) is 5.92 Å². The molecule has 0 spiro atoms. The van der Waals surface area contributed by atoms with Gasteiger partial charge in [0.25, 0.3) is 5.91 Å². The molecule has 1 amide bonds. The number of ether oxygens (including phenoxy) is 3. The normalized spacial score (nSPS) is 22.8. The lowest BCUT2D eigenvalue weighted by Gasteiger charge is -2.36. The lowest BCUT2D eigenvalue weighted by atomic mass is 9.79. The summed E-state index contributed by atoms with van der Waals surface area (Å²) < 4.78 is 16.1. The Labute approximate surface area is 155 Å². The lowest BCUT2D eigenvalue weighted by molar-refractivity contribution is -0.142. The highest BCUT2D eigenvalue weighted by molar-refractivity contribution is 5.99. The molecule has 0 heterocycles. The zero-order valence-corrected chi connectivity index (χ0v) is 16.3. The minimum absolute atomic E-state index is 0.0835. The molecule has 0 atom stereocenters. The fourth-order valence-corrected chi connectivity index (χ4v) is 3.23. The van der Waals surface area contributed by atoms with Gasteiger partial charge < -0.3 is 19.5 Å². The van der Waals surface area contributed by atoms with Crippen LogP contribution in [-0.2, 0) is 14.3 Å². The number of anilines is 1. The predicted molar refractivity (Wildman–Crippen MR) is 99.5 cm³/mol. The van der Waals surface area contributed by atoms with Gasteiger partial charge in [0.2, 0.25) is 0 Å². The number of carbonyl (C=O) groups is 2. The van der Waals surface area contributed by atoms with E-state index < -0.39 is 11.6 Å². The predicted octanol–water partition coefficient (Wildman–Crippen LogP) is 3.79. The Morgan fingerprint density at radius 3 is 2.38 bits per heavy atom. The van der Waals surface area contributed by atoms with E-state index in [0.717, 1.165) is 12.8 Å². The van der Waals surface area contributed by atoms with Crippen LogP contribution in [0.2, 0.25) is 0 Å². The second kappa shape index (κ2) is 8.54. The fraction of sp³-hybridized carbons (Fsp3) is 0.600. The standard InChI is InChI=1S/C20H29NO5/c1-13(2)26-17-7-6-15(12-16(17)18(22)24-4)21-19(23)20(25-5)10-8-14(3)9-11-20/h6-7,12-14H,8-11H2,1-5H3,(H,21,23). The van der Waals surface area contributed by atoms with Crippen LogP contribution in [0.3, 0.4) is 0 Å². The number of methoxy groups -OCH3 is 2. The second-order valence-corrected chi connectivity index (χ2v) is 7.20. The van der Waals surface area contributed by atoms with Gasteiger partial charge in [-0.3, -0.25) is 4.79 Å². The number of benzene rings is 1. The summed E-state index contributed by atoms with van der Waals surface area (Å²) in [7, 11) is 2.89. The monoisotopic (exact) mass is 363 g/mol. The molecule has 1 saturated carbocycles. The molecule has 6 heteroatoms. The number of nitrogens with one attached hydrogen (secondary N) is 1. The first-order valence-corrected chi connectivity index (χ1v) is 9.07. The van der Waals surface area contributed by atoms with Gasteiger partial charge in [-0.1, -0.05) is 6.92 Å². The van der Waals surface area contributed by atoms with Gasteiger partial charge in [-0.25, -0.2) is 4.79 Å². The van der Waals surface area contributed by atoms with Crippen LogP contribution >= 0.6 is 0 Å². The van der Waals surface area contributed by atoms with Crippen LogP contribution in [0.15, 0.2) is 18.2 Å². The van der Waals surface area contributed by atoms with Crippen LogP contribution in [0.25, 0.3) is 0 Å². The van der Waals surface area contributed by atoms with E-state index in [9.17, 15) is 9.59 Å². The number of carbonyl (C=O) groups excluding carboxylic acids is 2. The summed E-state index contributed by atoms with van der Waals surface area (Å²) in [4.78, 5) is 24.9. The van der Waals surface area contributed by atoms with E-state index in [2.05, 4.69) is 12.2 Å². The van der Waals surface area contributed by atoms with Crippen LogP contribution < -0.4 is 10.1 Å². The summed E-state index contributed by atoms with van der Waals surface area (Å²) in [6, 6.07) is 4.97. The minimum Gasteiger partial charge on any atom is -0.490 e. The maximum Gasteiger partial charge on any atom is 0.341 e.